The maximum absolute atomic E-state index is 8.50. The van der Waals surface area contributed by atoms with Crippen LogP contribution in [0.15, 0.2) is 35.6 Å². The molecule has 0 fully saturated rings. The molecule has 1 aliphatic rings. The van der Waals surface area contributed by atoms with Crippen molar-refractivity contribution in [2.75, 3.05) is 11.9 Å². The normalized spacial score (nSPS) is 12.4. The van der Waals surface area contributed by atoms with Crippen LogP contribution in [-0.4, -0.2) is 21.8 Å². The Morgan fingerprint density at radius 2 is 2.06 bits per heavy atom. The lowest BCUT2D eigenvalue weighted by molar-refractivity contribution is 1.07. The molecule has 0 atom stereocenters. The Kier molecular flexibility index (Phi) is 2.25. The summed E-state index contributed by atoms with van der Waals surface area (Å²) in [5.74, 6) is 0.891. The Hall–Kier alpha value is -2.79. The molecule has 0 aliphatic carbocycles. The number of azide groups is 1. The van der Waals surface area contributed by atoms with Gasteiger partial charge in [0.05, 0.1) is 5.69 Å². The van der Waals surface area contributed by atoms with E-state index in [0.717, 1.165) is 11.3 Å². The van der Waals surface area contributed by atoms with Crippen molar-refractivity contribution < 1.29 is 0 Å². The van der Waals surface area contributed by atoms with Gasteiger partial charge in [-0.15, -0.1) is 10.2 Å². The summed E-state index contributed by atoms with van der Waals surface area (Å²) in [4.78, 5) is 4.72. The monoisotopic (exact) mass is 239 g/mol. The highest BCUT2D eigenvalue weighted by Gasteiger charge is 2.18. The Labute approximate surface area is 103 Å². The summed E-state index contributed by atoms with van der Waals surface area (Å²) in [6.07, 6.45) is 3.65. The van der Waals surface area contributed by atoms with Crippen molar-refractivity contribution in [3.8, 4) is 11.4 Å². The van der Waals surface area contributed by atoms with Crippen LogP contribution in [0.25, 0.3) is 28.0 Å². The highest BCUT2D eigenvalue weighted by atomic mass is 15.4. The summed E-state index contributed by atoms with van der Waals surface area (Å²) in [5.41, 5.74) is 10.5. The summed E-state index contributed by atoms with van der Waals surface area (Å²) in [5, 5.41) is 11.5. The number of nitrogens with zero attached hydrogens (tertiary/aromatic N) is 7. The molecule has 0 bridgehead atoms. The molecule has 2 heterocycles. The van der Waals surface area contributed by atoms with Crippen molar-refractivity contribution in [1.29, 1.82) is 0 Å². The van der Waals surface area contributed by atoms with E-state index >= 15 is 0 Å². The van der Waals surface area contributed by atoms with Crippen molar-refractivity contribution >= 4 is 17.8 Å². The fraction of sp³-hybridized carbons (Fsp3) is 0.0909. The molecule has 0 spiro atoms. The fourth-order valence-electron chi connectivity index (χ4n) is 1.93. The van der Waals surface area contributed by atoms with Crippen LogP contribution in [0.2, 0.25) is 0 Å². The molecule has 1 aromatic heterocycles. The SMILES string of the molecule is CN1C=Cn2c(N=[N+]=[N-])nnc2-c2ccccc21. The van der Waals surface area contributed by atoms with Crippen molar-refractivity contribution in [2.45, 2.75) is 0 Å². The second-order valence-electron chi connectivity index (χ2n) is 3.81. The van der Waals surface area contributed by atoms with Gasteiger partial charge in [-0.25, -0.2) is 0 Å². The smallest absolute Gasteiger partial charge is 0.225 e. The number of para-hydroxylation sites is 1. The topological polar surface area (TPSA) is 82.7 Å². The lowest BCUT2D eigenvalue weighted by Gasteiger charge is -2.14. The van der Waals surface area contributed by atoms with E-state index in [1.54, 1.807) is 10.8 Å². The number of anilines is 1. The van der Waals surface area contributed by atoms with Gasteiger partial charge in [-0.05, 0) is 22.8 Å². The quantitative estimate of drug-likeness (QED) is 0.435. The third-order valence-electron chi connectivity index (χ3n) is 2.78. The molecule has 0 amide bonds. The first-order valence-electron chi connectivity index (χ1n) is 5.32. The molecule has 0 N–H and O–H groups in total. The molecule has 18 heavy (non-hydrogen) atoms. The zero-order chi connectivity index (χ0) is 12.5. The summed E-state index contributed by atoms with van der Waals surface area (Å²) in [6, 6.07) is 7.85. The first-order valence-corrected chi connectivity index (χ1v) is 5.32. The van der Waals surface area contributed by atoms with E-state index in [1.165, 1.54) is 0 Å². The molecule has 3 rings (SSSR count). The van der Waals surface area contributed by atoms with Gasteiger partial charge in [-0.3, -0.25) is 4.57 Å². The molecule has 88 valence electrons. The standard InChI is InChI=1S/C11H9N7/c1-17-6-7-18-10(13-14-11(18)15-16-12)8-4-2-3-5-9(8)17/h2-7H,1H3. The van der Waals surface area contributed by atoms with Crippen LogP contribution < -0.4 is 4.90 Å². The van der Waals surface area contributed by atoms with Gasteiger partial charge in [0.1, 0.15) is 0 Å². The minimum atomic E-state index is 0.230. The number of rotatable bonds is 1. The van der Waals surface area contributed by atoms with Crippen molar-refractivity contribution in [1.82, 2.24) is 14.8 Å². The number of hydrogen-bond donors (Lipinski definition) is 0. The van der Waals surface area contributed by atoms with E-state index in [1.807, 2.05) is 42.4 Å². The van der Waals surface area contributed by atoms with Crippen molar-refractivity contribution in [3.05, 3.63) is 40.9 Å². The van der Waals surface area contributed by atoms with Crippen LogP contribution >= 0.6 is 0 Å². The van der Waals surface area contributed by atoms with Crippen LogP contribution in [0.1, 0.15) is 0 Å². The van der Waals surface area contributed by atoms with Crippen LogP contribution in [0, 0.1) is 0 Å². The van der Waals surface area contributed by atoms with Crippen LogP contribution in [0.3, 0.4) is 0 Å². The minimum Gasteiger partial charge on any atom is -0.349 e. The minimum absolute atomic E-state index is 0.230. The first kappa shape index (κ1) is 10.4. The third-order valence-corrected chi connectivity index (χ3v) is 2.78. The molecule has 2 aromatic rings. The molecule has 0 unspecified atom stereocenters. The number of fused-ring (bicyclic) bond motifs is 3. The number of hydrogen-bond acceptors (Lipinski definition) is 4. The van der Waals surface area contributed by atoms with Crippen LogP contribution in [0.4, 0.5) is 11.6 Å². The van der Waals surface area contributed by atoms with E-state index in [-0.39, 0.29) is 5.95 Å². The summed E-state index contributed by atoms with van der Waals surface area (Å²) < 4.78 is 1.67. The van der Waals surface area contributed by atoms with E-state index in [0.29, 0.717) is 5.82 Å². The zero-order valence-electron chi connectivity index (χ0n) is 9.59. The second kappa shape index (κ2) is 3.90. The number of benzene rings is 1. The Balaban J connectivity index is 2.31. The summed E-state index contributed by atoms with van der Waals surface area (Å²) in [6.45, 7) is 0. The van der Waals surface area contributed by atoms with Crippen molar-refractivity contribution in [3.63, 3.8) is 0 Å². The highest BCUT2D eigenvalue weighted by Crippen LogP contribution is 2.33. The van der Waals surface area contributed by atoms with Gasteiger partial charge >= 0.3 is 0 Å². The average molecular weight is 239 g/mol. The second-order valence-corrected chi connectivity index (χ2v) is 3.81. The molecule has 0 radical (unpaired) electrons. The third kappa shape index (κ3) is 1.42. The van der Waals surface area contributed by atoms with Gasteiger partial charge in [0, 0.05) is 29.9 Å². The maximum atomic E-state index is 8.50. The molecular weight excluding hydrogens is 230 g/mol. The van der Waals surface area contributed by atoms with E-state index in [2.05, 4.69) is 20.2 Å². The summed E-state index contributed by atoms with van der Waals surface area (Å²) in [7, 11) is 1.95. The zero-order valence-corrected chi connectivity index (χ0v) is 9.59. The lowest BCUT2D eigenvalue weighted by atomic mass is 10.1. The van der Waals surface area contributed by atoms with Crippen molar-refractivity contribution in [2.24, 2.45) is 5.11 Å². The van der Waals surface area contributed by atoms with E-state index in [4.69, 9.17) is 5.53 Å². The molecular formula is C11H9N7. The van der Waals surface area contributed by atoms with Gasteiger partial charge < -0.3 is 4.90 Å². The molecule has 0 saturated heterocycles. The average Bonchev–Trinajstić information content (AvgIpc) is 2.73. The predicted octanol–water partition coefficient (Wildman–Crippen LogP) is 2.76. The molecule has 1 aliphatic heterocycles. The maximum Gasteiger partial charge on any atom is 0.225 e. The Morgan fingerprint density at radius 3 is 2.89 bits per heavy atom. The van der Waals surface area contributed by atoms with Crippen LogP contribution in [0.5, 0.6) is 0 Å². The van der Waals surface area contributed by atoms with Gasteiger partial charge in [0.25, 0.3) is 0 Å². The van der Waals surface area contributed by atoms with Gasteiger partial charge in [0.15, 0.2) is 5.82 Å². The Morgan fingerprint density at radius 1 is 1.22 bits per heavy atom. The fourth-order valence-corrected chi connectivity index (χ4v) is 1.93. The van der Waals surface area contributed by atoms with Crippen LogP contribution in [-0.2, 0) is 0 Å². The van der Waals surface area contributed by atoms with Gasteiger partial charge in [-0.2, -0.15) is 0 Å². The first-order chi connectivity index (χ1) is 8.81. The highest BCUT2D eigenvalue weighted by molar-refractivity contribution is 5.79. The van der Waals surface area contributed by atoms with E-state index in [9.17, 15) is 0 Å². The largest absolute Gasteiger partial charge is 0.349 e. The summed E-state index contributed by atoms with van der Waals surface area (Å²) >= 11 is 0. The molecule has 7 nitrogen and oxygen atoms in total. The number of aromatic nitrogens is 3. The predicted molar refractivity (Wildman–Crippen MR) is 68.0 cm³/mol. The van der Waals surface area contributed by atoms with Gasteiger partial charge in [0.2, 0.25) is 5.95 Å². The van der Waals surface area contributed by atoms with E-state index < -0.39 is 0 Å². The molecule has 7 heteroatoms. The lowest BCUT2D eigenvalue weighted by Crippen LogP contribution is -2.07. The Bertz CT molecular complexity index is 678. The van der Waals surface area contributed by atoms with Gasteiger partial charge in [-0.1, -0.05) is 12.1 Å². The molecule has 1 aromatic carbocycles. The molecule has 0 saturated carbocycles.